The molecule has 4 rings (SSSR count). The molecule has 3 saturated carbocycles. The first-order chi connectivity index (χ1) is 23.6. The van der Waals surface area contributed by atoms with Crippen molar-refractivity contribution in [1.82, 2.24) is 5.32 Å². The third kappa shape index (κ3) is 10.6. The van der Waals surface area contributed by atoms with E-state index >= 15 is 0 Å². The largest absolute Gasteiger partial charge is 0.446 e. The molecular weight excluding hydrogens is 653 g/mol. The van der Waals surface area contributed by atoms with Crippen LogP contribution in [0.1, 0.15) is 126 Å². The minimum absolute atomic E-state index is 0.0568. The summed E-state index contributed by atoms with van der Waals surface area (Å²) < 4.78 is 39.5. The molecule has 9 atom stereocenters. The Balaban J connectivity index is 1.08. The molecule has 10 heteroatoms. The summed E-state index contributed by atoms with van der Waals surface area (Å²) in [6.07, 6.45) is 16.0. The molecule has 1 amide bonds. The Hall–Kier alpha value is -0.960. The summed E-state index contributed by atoms with van der Waals surface area (Å²) in [5, 5.41) is 2.04. The molecule has 0 radical (unpaired) electrons. The standard InChI is InChI=1S/C40H72NO8P/c1-29(2)10-9-11-30(3)34-14-15-35-33-13-12-31-28-32(16-18-39(31,7)36(33)17-19-40(34,35)8)49-37(42)41-20-21-45-22-23-46-24-25-47-26-27-48-50(43,44)38(4,5)6/h12,29-30,32-36H,9-11,13-28H2,1-8H3,(H,41,42)(H,43,44)/t30-,32+,33?,34?,35?,36?,39+,40-/m1/s1. The highest BCUT2D eigenvalue weighted by Gasteiger charge is 2.59. The third-order valence-electron chi connectivity index (χ3n) is 13.1. The summed E-state index contributed by atoms with van der Waals surface area (Å²) in [5.41, 5.74) is 2.29. The molecule has 2 N–H and O–H groups in total. The van der Waals surface area contributed by atoms with Gasteiger partial charge in [-0.05, 0) is 112 Å². The monoisotopic (exact) mass is 725 g/mol. The number of nitrogens with one attached hydrogen (secondary N) is 1. The smallest absolute Gasteiger partial charge is 0.407 e. The number of carbonyl (C=O) groups excluding carboxylic acids is 1. The lowest BCUT2D eigenvalue weighted by Crippen LogP contribution is -2.51. The molecule has 50 heavy (non-hydrogen) atoms. The summed E-state index contributed by atoms with van der Waals surface area (Å²) in [6.45, 7) is 20.1. The van der Waals surface area contributed by atoms with Crippen molar-refractivity contribution in [1.29, 1.82) is 0 Å². The van der Waals surface area contributed by atoms with E-state index in [4.69, 9.17) is 23.5 Å². The van der Waals surface area contributed by atoms with Gasteiger partial charge in [0.15, 0.2) is 0 Å². The number of hydrogen-bond acceptors (Lipinski definition) is 7. The number of hydrogen-bond donors (Lipinski definition) is 2. The molecule has 0 aromatic heterocycles. The SMILES string of the molecule is CC(C)CCC[C@@H](C)C1CCC2C3CC=C4C[C@@H](OC(=O)NCCOCCOCCOCCOP(=O)(O)C(C)(C)C)CC[C@]4(C)C3CC[C@@]21C. The molecule has 290 valence electrons. The van der Waals surface area contributed by atoms with Gasteiger partial charge in [0.25, 0.3) is 0 Å². The van der Waals surface area contributed by atoms with Gasteiger partial charge in [0, 0.05) is 13.0 Å². The van der Waals surface area contributed by atoms with E-state index in [1.165, 1.54) is 51.4 Å². The van der Waals surface area contributed by atoms with E-state index < -0.39 is 12.8 Å². The zero-order valence-corrected chi connectivity index (χ0v) is 33.7. The number of ether oxygens (including phenoxy) is 4. The highest BCUT2D eigenvalue weighted by atomic mass is 31.2. The maximum atomic E-state index is 12.6. The Morgan fingerprint density at radius 3 is 2.24 bits per heavy atom. The Labute approximate surface area is 304 Å². The van der Waals surface area contributed by atoms with Crippen molar-refractivity contribution >= 4 is 13.7 Å². The van der Waals surface area contributed by atoms with Gasteiger partial charge in [-0.3, -0.25) is 4.57 Å². The summed E-state index contributed by atoms with van der Waals surface area (Å²) in [7, 11) is -3.66. The van der Waals surface area contributed by atoms with Gasteiger partial charge in [-0.25, -0.2) is 4.79 Å². The van der Waals surface area contributed by atoms with Gasteiger partial charge in [-0.2, -0.15) is 0 Å². The van der Waals surface area contributed by atoms with Crippen molar-refractivity contribution in [3.8, 4) is 0 Å². The van der Waals surface area contributed by atoms with Crippen LogP contribution in [-0.2, 0) is 28.0 Å². The summed E-state index contributed by atoms with van der Waals surface area (Å²) in [6, 6.07) is 0. The second-order valence-corrected chi connectivity index (χ2v) is 20.5. The van der Waals surface area contributed by atoms with Crippen LogP contribution < -0.4 is 5.32 Å². The lowest BCUT2D eigenvalue weighted by atomic mass is 9.47. The molecule has 0 aromatic rings. The molecule has 0 aliphatic heterocycles. The highest BCUT2D eigenvalue weighted by molar-refractivity contribution is 7.54. The van der Waals surface area contributed by atoms with Gasteiger partial charge < -0.3 is 33.7 Å². The maximum Gasteiger partial charge on any atom is 0.407 e. The number of rotatable bonds is 19. The molecule has 0 bridgehead atoms. The van der Waals surface area contributed by atoms with Crippen molar-refractivity contribution in [2.75, 3.05) is 52.8 Å². The first kappa shape index (κ1) is 41.8. The Morgan fingerprint density at radius 2 is 1.58 bits per heavy atom. The van der Waals surface area contributed by atoms with Crippen molar-refractivity contribution in [2.24, 2.45) is 46.3 Å². The van der Waals surface area contributed by atoms with Gasteiger partial charge >= 0.3 is 13.7 Å². The average molecular weight is 726 g/mol. The Kier molecular flexibility index (Phi) is 15.4. The molecule has 0 spiro atoms. The van der Waals surface area contributed by atoms with Gasteiger partial charge in [-0.15, -0.1) is 0 Å². The molecule has 0 aromatic carbocycles. The molecule has 4 aliphatic rings. The molecule has 4 aliphatic carbocycles. The molecule has 0 saturated heterocycles. The first-order valence-electron chi connectivity index (χ1n) is 19.9. The van der Waals surface area contributed by atoms with Crippen LogP contribution in [0.25, 0.3) is 0 Å². The van der Waals surface area contributed by atoms with E-state index in [1.807, 2.05) is 0 Å². The van der Waals surface area contributed by atoms with Gasteiger partial charge in [0.05, 0.1) is 51.4 Å². The molecule has 9 nitrogen and oxygen atoms in total. The third-order valence-corrected chi connectivity index (χ3v) is 15.4. The predicted molar refractivity (Wildman–Crippen MR) is 199 cm³/mol. The number of allylic oxidation sites excluding steroid dienone is 1. The van der Waals surface area contributed by atoms with Crippen LogP contribution >= 0.6 is 7.60 Å². The summed E-state index contributed by atoms with van der Waals surface area (Å²) in [5.74, 6) is 4.96. The predicted octanol–water partition coefficient (Wildman–Crippen LogP) is 9.17. The van der Waals surface area contributed by atoms with E-state index in [0.29, 0.717) is 45.0 Å². The van der Waals surface area contributed by atoms with Crippen LogP contribution in [0.2, 0.25) is 0 Å². The van der Waals surface area contributed by atoms with E-state index in [0.717, 1.165) is 54.8 Å². The topological polar surface area (TPSA) is 113 Å². The van der Waals surface area contributed by atoms with Crippen LogP contribution in [-0.4, -0.2) is 75.0 Å². The fourth-order valence-corrected chi connectivity index (χ4v) is 10.8. The van der Waals surface area contributed by atoms with Crippen LogP contribution in [0, 0.1) is 46.3 Å². The van der Waals surface area contributed by atoms with Gasteiger partial charge in [0.1, 0.15) is 6.10 Å². The van der Waals surface area contributed by atoms with E-state index in [2.05, 4.69) is 46.0 Å². The minimum atomic E-state index is -3.66. The van der Waals surface area contributed by atoms with Crippen molar-refractivity contribution in [3.63, 3.8) is 0 Å². The number of carbonyl (C=O) groups is 1. The van der Waals surface area contributed by atoms with Crippen LogP contribution in [0.5, 0.6) is 0 Å². The summed E-state index contributed by atoms with van der Waals surface area (Å²) >= 11 is 0. The molecule has 0 heterocycles. The lowest BCUT2D eigenvalue weighted by molar-refractivity contribution is -0.0581. The van der Waals surface area contributed by atoms with Crippen LogP contribution in [0.3, 0.4) is 0 Å². The molecular formula is C40H72NO8P. The fourth-order valence-electron chi connectivity index (χ4n) is 10.1. The quantitative estimate of drug-likeness (QED) is 0.0771. The number of amides is 1. The average Bonchev–Trinajstić information content (AvgIpc) is 3.40. The van der Waals surface area contributed by atoms with Crippen molar-refractivity contribution in [2.45, 2.75) is 137 Å². The highest BCUT2D eigenvalue weighted by Crippen LogP contribution is 2.67. The molecule has 5 unspecified atom stereocenters. The Morgan fingerprint density at radius 1 is 0.920 bits per heavy atom. The second kappa shape index (κ2) is 18.4. The van der Waals surface area contributed by atoms with Gasteiger partial charge in [-0.1, -0.05) is 65.5 Å². The fraction of sp³-hybridized carbons (Fsp3) is 0.925. The number of alkyl carbamates (subject to hydrolysis) is 1. The van der Waals surface area contributed by atoms with E-state index in [1.54, 1.807) is 26.3 Å². The van der Waals surface area contributed by atoms with Crippen LogP contribution in [0.4, 0.5) is 4.79 Å². The molecule has 3 fully saturated rings. The van der Waals surface area contributed by atoms with Gasteiger partial charge in [0.2, 0.25) is 0 Å². The number of fused-ring (bicyclic) bond motifs is 5. The zero-order chi connectivity index (χ0) is 36.6. The maximum absolute atomic E-state index is 12.6. The Bertz CT molecular complexity index is 1150. The van der Waals surface area contributed by atoms with E-state index in [9.17, 15) is 14.3 Å². The normalized spacial score (nSPS) is 32.8. The lowest BCUT2D eigenvalue weighted by Gasteiger charge is -2.58. The second-order valence-electron chi connectivity index (χ2n) is 17.8. The van der Waals surface area contributed by atoms with E-state index in [-0.39, 0.29) is 30.8 Å². The summed E-state index contributed by atoms with van der Waals surface area (Å²) in [4.78, 5) is 22.5. The minimum Gasteiger partial charge on any atom is -0.446 e. The van der Waals surface area contributed by atoms with Crippen molar-refractivity contribution < 1.29 is 37.7 Å². The zero-order valence-electron chi connectivity index (χ0n) is 32.8. The van der Waals surface area contributed by atoms with Crippen LogP contribution in [0.15, 0.2) is 11.6 Å². The van der Waals surface area contributed by atoms with Crippen molar-refractivity contribution in [3.05, 3.63) is 11.6 Å². The first-order valence-corrected chi connectivity index (χ1v) is 21.5.